The molecule has 0 spiro atoms. The maximum absolute atomic E-state index is 10.9. The van der Waals surface area contributed by atoms with E-state index in [0.717, 1.165) is 27.0 Å². The molecule has 0 saturated heterocycles. The Labute approximate surface area is 143 Å². The molecular formula is C20H23BO3. The first-order valence-corrected chi connectivity index (χ1v) is 8.19. The third kappa shape index (κ3) is 2.93. The van der Waals surface area contributed by atoms with Crippen molar-refractivity contribution in [2.75, 3.05) is 0 Å². The van der Waals surface area contributed by atoms with Crippen molar-refractivity contribution in [1.82, 2.24) is 0 Å². The average Bonchev–Trinajstić information content (AvgIpc) is 2.50. The highest BCUT2D eigenvalue weighted by atomic mass is 16.5. The van der Waals surface area contributed by atoms with Crippen molar-refractivity contribution in [1.29, 1.82) is 0 Å². The van der Waals surface area contributed by atoms with E-state index < -0.39 is 18.3 Å². The third-order valence-corrected chi connectivity index (χ3v) is 4.94. The van der Waals surface area contributed by atoms with E-state index in [4.69, 9.17) is 4.65 Å². The van der Waals surface area contributed by atoms with Crippen LogP contribution < -0.4 is 5.46 Å². The lowest BCUT2D eigenvalue weighted by Crippen LogP contribution is -2.53. The quantitative estimate of drug-likeness (QED) is 0.573. The Morgan fingerprint density at radius 3 is 1.75 bits per heavy atom. The van der Waals surface area contributed by atoms with Gasteiger partial charge in [0.25, 0.3) is 0 Å². The summed E-state index contributed by atoms with van der Waals surface area (Å²) >= 11 is 0. The van der Waals surface area contributed by atoms with E-state index in [1.165, 1.54) is 0 Å². The second kappa shape index (κ2) is 5.89. The fraction of sp³-hybridized carbons (Fsp3) is 0.300. The Kier molecular flexibility index (Phi) is 4.16. The monoisotopic (exact) mass is 322 g/mol. The maximum atomic E-state index is 10.9. The molecule has 0 aliphatic heterocycles. The molecule has 2 N–H and O–H groups in total. The molecule has 0 fully saturated rings. The summed E-state index contributed by atoms with van der Waals surface area (Å²) in [7, 11) is -1.14. The van der Waals surface area contributed by atoms with Gasteiger partial charge in [0.15, 0.2) is 0 Å². The van der Waals surface area contributed by atoms with E-state index in [0.29, 0.717) is 0 Å². The van der Waals surface area contributed by atoms with Gasteiger partial charge in [0.1, 0.15) is 0 Å². The number of rotatable bonds is 4. The van der Waals surface area contributed by atoms with Gasteiger partial charge >= 0.3 is 7.12 Å². The van der Waals surface area contributed by atoms with E-state index in [-0.39, 0.29) is 0 Å². The molecule has 3 aromatic rings. The van der Waals surface area contributed by atoms with Crippen molar-refractivity contribution in [2.45, 2.75) is 38.9 Å². The molecule has 3 nitrogen and oxygen atoms in total. The van der Waals surface area contributed by atoms with Crippen molar-refractivity contribution in [3.05, 3.63) is 54.6 Å². The molecular weight excluding hydrogens is 299 g/mol. The zero-order valence-electron chi connectivity index (χ0n) is 14.6. The van der Waals surface area contributed by atoms with Gasteiger partial charge in [0.2, 0.25) is 0 Å². The fourth-order valence-corrected chi connectivity index (χ4v) is 2.80. The predicted molar refractivity (Wildman–Crippen MR) is 101 cm³/mol. The van der Waals surface area contributed by atoms with E-state index in [2.05, 4.69) is 6.07 Å². The summed E-state index contributed by atoms with van der Waals surface area (Å²) in [5.41, 5.74) is -1.26. The standard InChI is InChI=1S/C20H23BO3/c1-19(2,22)20(3,4)24-21(23)18-16-11-7-5-9-14(16)13-15-10-6-8-12-17(15)18/h5-13,22-23H,1-4H3. The molecule has 3 rings (SSSR count). The molecule has 0 bridgehead atoms. The molecule has 0 radical (unpaired) electrons. The molecule has 0 unspecified atom stereocenters. The lowest BCUT2D eigenvalue weighted by atomic mass is 9.72. The van der Waals surface area contributed by atoms with Gasteiger partial charge in [-0.3, -0.25) is 0 Å². The molecule has 0 aromatic heterocycles. The largest absolute Gasteiger partial charge is 0.492 e. The SMILES string of the molecule is CC(C)(O)C(C)(C)OB(O)c1c2ccccc2cc2ccccc12. The summed E-state index contributed by atoms with van der Waals surface area (Å²) in [5.74, 6) is 0. The summed E-state index contributed by atoms with van der Waals surface area (Å²) in [4.78, 5) is 0. The highest BCUT2D eigenvalue weighted by Crippen LogP contribution is 2.27. The van der Waals surface area contributed by atoms with E-state index in [1.54, 1.807) is 27.7 Å². The molecule has 0 aliphatic carbocycles. The first kappa shape index (κ1) is 17.0. The van der Waals surface area contributed by atoms with Gasteiger partial charge in [-0.2, -0.15) is 0 Å². The van der Waals surface area contributed by atoms with Crippen LogP contribution in [0.2, 0.25) is 0 Å². The van der Waals surface area contributed by atoms with E-state index in [1.807, 2.05) is 48.5 Å². The molecule has 4 heteroatoms. The topological polar surface area (TPSA) is 49.7 Å². The van der Waals surface area contributed by atoms with Crippen LogP contribution in [0.5, 0.6) is 0 Å². The average molecular weight is 322 g/mol. The Hall–Kier alpha value is -1.88. The van der Waals surface area contributed by atoms with Gasteiger partial charge in [0.05, 0.1) is 11.2 Å². The van der Waals surface area contributed by atoms with Gasteiger partial charge in [-0.05, 0) is 60.8 Å². The second-order valence-electron chi connectivity index (χ2n) is 7.27. The molecule has 124 valence electrons. The van der Waals surface area contributed by atoms with Crippen LogP contribution in [-0.2, 0) is 4.65 Å². The van der Waals surface area contributed by atoms with Gasteiger partial charge in [-0.15, -0.1) is 0 Å². The smallest absolute Gasteiger partial charge is 0.423 e. The van der Waals surface area contributed by atoms with Crippen molar-refractivity contribution in [3.8, 4) is 0 Å². The van der Waals surface area contributed by atoms with Crippen molar-refractivity contribution in [3.63, 3.8) is 0 Å². The molecule has 0 saturated carbocycles. The van der Waals surface area contributed by atoms with Crippen LogP contribution in [0.1, 0.15) is 27.7 Å². The van der Waals surface area contributed by atoms with Crippen LogP contribution in [0.25, 0.3) is 21.5 Å². The first-order valence-electron chi connectivity index (χ1n) is 8.19. The van der Waals surface area contributed by atoms with Crippen LogP contribution in [-0.4, -0.2) is 28.5 Å². The number of hydrogen-bond acceptors (Lipinski definition) is 3. The maximum Gasteiger partial charge on any atom is 0.492 e. The molecule has 0 atom stereocenters. The molecule has 0 aliphatic rings. The summed E-state index contributed by atoms with van der Waals surface area (Å²) in [6, 6.07) is 18.0. The minimum atomic E-state index is -1.14. The Balaban J connectivity index is 2.19. The first-order chi connectivity index (χ1) is 11.2. The summed E-state index contributed by atoms with van der Waals surface area (Å²) < 4.78 is 5.91. The van der Waals surface area contributed by atoms with Crippen LogP contribution in [0.15, 0.2) is 54.6 Å². The molecule has 0 heterocycles. The van der Waals surface area contributed by atoms with Crippen LogP contribution in [0, 0.1) is 0 Å². The molecule has 0 amide bonds. The second-order valence-corrected chi connectivity index (χ2v) is 7.27. The Morgan fingerprint density at radius 1 is 0.833 bits per heavy atom. The van der Waals surface area contributed by atoms with Gasteiger partial charge in [-0.25, -0.2) is 0 Å². The minimum absolute atomic E-state index is 0.737. The zero-order valence-corrected chi connectivity index (χ0v) is 14.6. The van der Waals surface area contributed by atoms with Gasteiger partial charge in [0, 0.05) is 0 Å². The minimum Gasteiger partial charge on any atom is -0.423 e. The number of benzene rings is 3. The number of aliphatic hydroxyl groups is 1. The third-order valence-electron chi connectivity index (χ3n) is 4.94. The van der Waals surface area contributed by atoms with E-state index in [9.17, 15) is 10.1 Å². The van der Waals surface area contributed by atoms with Crippen molar-refractivity contribution >= 4 is 34.1 Å². The Morgan fingerprint density at radius 2 is 1.29 bits per heavy atom. The zero-order chi connectivity index (χ0) is 17.5. The lowest BCUT2D eigenvalue weighted by Gasteiger charge is -2.38. The van der Waals surface area contributed by atoms with E-state index >= 15 is 0 Å². The molecule has 3 aromatic carbocycles. The highest BCUT2D eigenvalue weighted by Gasteiger charge is 2.40. The number of fused-ring (bicyclic) bond motifs is 2. The normalized spacial score (nSPS) is 12.8. The van der Waals surface area contributed by atoms with Crippen LogP contribution in [0.4, 0.5) is 0 Å². The summed E-state index contributed by atoms with van der Waals surface area (Å²) in [5, 5.41) is 25.2. The van der Waals surface area contributed by atoms with Crippen LogP contribution in [0.3, 0.4) is 0 Å². The van der Waals surface area contributed by atoms with Crippen molar-refractivity contribution in [2.24, 2.45) is 0 Å². The highest BCUT2D eigenvalue weighted by molar-refractivity contribution is 6.66. The Bertz CT molecular complexity index is 827. The fourth-order valence-electron chi connectivity index (χ4n) is 2.80. The predicted octanol–water partition coefficient (Wildman–Crippen LogP) is 3.25. The lowest BCUT2D eigenvalue weighted by molar-refractivity contribution is -0.0982. The van der Waals surface area contributed by atoms with Crippen molar-refractivity contribution < 1.29 is 14.8 Å². The summed E-state index contributed by atoms with van der Waals surface area (Å²) in [6.45, 7) is 6.93. The van der Waals surface area contributed by atoms with Gasteiger partial charge in [-0.1, -0.05) is 48.5 Å². The number of hydrogen-bond donors (Lipinski definition) is 2. The molecule has 24 heavy (non-hydrogen) atoms. The van der Waals surface area contributed by atoms with Gasteiger partial charge < -0.3 is 14.8 Å². The summed E-state index contributed by atoms with van der Waals surface area (Å²) in [6.07, 6.45) is 0. The van der Waals surface area contributed by atoms with Crippen LogP contribution >= 0.6 is 0 Å².